The number of hydrogen-bond acceptors (Lipinski definition) is 6. The predicted octanol–water partition coefficient (Wildman–Crippen LogP) is 1.95. The summed E-state index contributed by atoms with van der Waals surface area (Å²) in [6.07, 6.45) is 2.47. The van der Waals surface area contributed by atoms with Gasteiger partial charge in [0.05, 0.1) is 6.04 Å². The monoisotopic (exact) mass is 306 g/mol. The number of thioether (sulfide) groups is 1. The molecule has 0 saturated heterocycles. The zero-order valence-electron chi connectivity index (χ0n) is 12.0. The lowest BCUT2D eigenvalue weighted by Gasteiger charge is -2.12. The average molecular weight is 306 g/mol. The van der Waals surface area contributed by atoms with Crippen LogP contribution in [0.4, 0.5) is 5.69 Å². The molecule has 5 nitrogen and oxygen atoms in total. The van der Waals surface area contributed by atoms with Crippen molar-refractivity contribution in [3.05, 3.63) is 39.7 Å². The number of carbonyl (C=O) groups excluding carboxylic acids is 1. The predicted molar refractivity (Wildman–Crippen MR) is 86.9 cm³/mol. The van der Waals surface area contributed by atoms with Gasteiger partial charge in [-0.25, -0.2) is 4.79 Å². The number of aryl methyl sites for hydroxylation is 1. The van der Waals surface area contributed by atoms with Crippen LogP contribution in [0.1, 0.15) is 22.3 Å². The summed E-state index contributed by atoms with van der Waals surface area (Å²) in [6.45, 7) is 1.73. The van der Waals surface area contributed by atoms with Crippen LogP contribution >= 0.6 is 11.8 Å². The van der Waals surface area contributed by atoms with Crippen molar-refractivity contribution in [3.63, 3.8) is 0 Å². The maximum atomic E-state index is 12.4. The van der Waals surface area contributed by atoms with E-state index in [0.29, 0.717) is 28.6 Å². The molecule has 21 heavy (non-hydrogen) atoms. The Morgan fingerprint density at radius 1 is 1.43 bits per heavy atom. The van der Waals surface area contributed by atoms with Crippen molar-refractivity contribution in [2.45, 2.75) is 19.4 Å². The molecule has 0 radical (unpaired) electrons. The van der Waals surface area contributed by atoms with Gasteiger partial charge in [-0.3, -0.25) is 4.79 Å². The maximum absolute atomic E-state index is 12.4. The Balaban J connectivity index is 2.52. The molecule has 0 aliphatic rings. The molecule has 0 saturated carbocycles. The highest BCUT2D eigenvalue weighted by Gasteiger charge is 2.23. The first kappa shape index (κ1) is 15.6. The minimum atomic E-state index is -0.690. The molecule has 0 fully saturated rings. The number of ketones is 1. The summed E-state index contributed by atoms with van der Waals surface area (Å²) in [6, 6.07) is 4.33. The minimum Gasteiger partial charge on any atom is -0.422 e. The molecular formula is C15H18N2O3S. The van der Waals surface area contributed by atoms with Gasteiger partial charge in [-0.2, -0.15) is 11.8 Å². The molecule has 0 bridgehead atoms. The van der Waals surface area contributed by atoms with Crippen molar-refractivity contribution in [2.24, 2.45) is 5.73 Å². The lowest BCUT2D eigenvalue weighted by molar-refractivity contribution is 0.0955. The number of fused-ring (bicyclic) bond motifs is 1. The number of hydrogen-bond donors (Lipinski definition) is 2. The number of nitrogens with two attached hydrogens (primary N) is 2. The van der Waals surface area contributed by atoms with Gasteiger partial charge in [0.1, 0.15) is 11.1 Å². The van der Waals surface area contributed by atoms with E-state index in [1.165, 1.54) is 0 Å². The lowest BCUT2D eigenvalue weighted by atomic mass is 9.98. The number of nitrogen functional groups attached to an aromatic ring is 1. The van der Waals surface area contributed by atoms with E-state index in [9.17, 15) is 9.59 Å². The van der Waals surface area contributed by atoms with Gasteiger partial charge in [0.15, 0.2) is 5.78 Å². The molecule has 0 amide bonds. The molecule has 0 unspecified atom stereocenters. The summed E-state index contributed by atoms with van der Waals surface area (Å²) >= 11 is 1.61. The summed E-state index contributed by atoms with van der Waals surface area (Å²) in [7, 11) is 0. The Labute approximate surface area is 126 Å². The Morgan fingerprint density at radius 3 is 2.81 bits per heavy atom. The first-order chi connectivity index (χ1) is 9.95. The highest BCUT2D eigenvalue weighted by Crippen LogP contribution is 2.22. The van der Waals surface area contributed by atoms with E-state index in [-0.39, 0.29) is 11.3 Å². The molecule has 2 aromatic rings. The second-order valence-electron chi connectivity index (χ2n) is 4.90. The fourth-order valence-electron chi connectivity index (χ4n) is 2.22. The molecule has 0 spiro atoms. The molecule has 0 aliphatic heterocycles. The third-order valence-electron chi connectivity index (χ3n) is 3.41. The third kappa shape index (κ3) is 3.11. The van der Waals surface area contributed by atoms with Crippen LogP contribution in [-0.2, 0) is 0 Å². The normalized spacial score (nSPS) is 12.5. The van der Waals surface area contributed by atoms with E-state index in [2.05, 4.69) is 0 Å². The molecule has 1 heterocycles. The number of benzene rings is 1. The third-order valence-corrected chi connectivity index (χ3v) is 4.05. The van der Waals surface area contributed by atoms with Crippen LogP contribution in [0, 0.1) is 6.92 Å². The SMILES string of the molecule is CSCC[C@H](N)C(=O)c1c(C)c2ccc(N)cc2oc1=O. The lowest BCUT2D eigenvalue weighted by Crippen LogP contribution is -2.34. The summed E-state index contributed by atoms with van der Waals surface area (Å²) in [4.78, 5) is 24.5. The molecule has 6 heteroatoms. The zero-order valence-corrected chi connectivity index (χ0v) is 12.8. The van der Waals surface area contributed by atoms with Gasteiger partial charge in [-0.1, -0.05) is 0 Å². The minimum absolute atomic E-state index is 0.0425. The number of Topliss-reactive ketones (excluding diaryl/α,β-unsaturated/α-hetero) is 1. The van der Waals surface area contributed by atoms with Gasteiger partial charge < -0.3 is 15.9 Å². The van der Waals surface area contributed by atoms with Crippen LogP contribution < -0.4 is 17.1 Å². The Hall–Kier alpha value is -1.79. The van der Waals surface area contributed by atoms with Gasteiger partial charge in [-0.15, -0.1) is 0 Å². The molecule has 0 aliphatic carbocycles. The molecule has 1 atom stereocenters. The smallest absolute Gasteiger partial charge is 0.347 e. The van der Waals surface area contributed by atoms with Crippen LogP contribution in [0.3, 0.4) is 0 Å². The van der Waals surface area contributed by atoms with Gasteiger partial charge in [0, 0.05) is 17.1 Å². The van der Waals surface area contributed by atoms with E-state index >= 15 is 0 Å². The van der Waals surface area contributed by atoms with Crippen molar-refractivity contribution in [1.29, 1.82) is 0 Å². The summed E-state index contributed by atoms with van der Waals surface area (Å²) in [5.74, 6) is 0.399. The Bertz CT molecular complexity index is 740. The van der Waals surface area contributed by atoms with Crippen LogP contribution in [0.25, 0.3) is 11.0 Å². The molecule has 2 rings (SSSR count). The van der Waals surface area contributed by atoms with Crippen LogP contribution in [0.15, 0.2) is 27.4 Å². The molecule has 1 aromatic heterocycles. The number of carbonyl (C=O) groups is 1. The van der Waals surface area contributed by atoms with Crippen LogP contribution in [0.2, 0.25) is 0 Å². The first-order valence-electron chi connectivity index (χ1n) is 6.57. The summed E-state index contributed by atoms with van der Waals surface area (Å²) in [5.41, 5.74) is 12.4. The van der Waals surface area contributed by atoms with E-state index in [4.69, 9.17) is 15.9 Å². The number of anilines is 1. The zero-order chi connectivity index (χ0) is 15.6. The van der Waals surface area contributed by atoms with Gasteiger partial charge in [0.2, 0.25) is 0 Å². The summed E-state index contributed by atoms with van der Waals surface area (Å²) < 4.78 is 5.21. The largest absolute Gasteiger partial charge is 0.422 e. The maximum Gasteiger partial charge on any atom is 0.347 e. The van der Waals surface area contributed by atoms with Crippen molar-refractivity contribution < 1.29 is 9.21 Å². The van der Waals surface area contributed by atoms with E-state index in [1.54, 1.807) is 36.9 Å². The van der Waals surface area contributed by atoms with E-state index < -0.39 is 11.7 Å². The van der Waals surface area contributed by atoms with Crippen molar-refractivity contribution in [3.8, 4) is 0 Å². The molecule has 112 valence electrons. The highest BCUT2D eigenvalue weighted by atomic mass is 32.2. The molecule has 1 aromatic carbocycles. The molecular weight excluding hydrogens is 288 g/mol. The van der Waals surface area contributed by atoms with Crippen LogP contribution in [0.5, 0.6) is 0 Å². The molecule has 4 N–H and O–H groups in total. The van der Waals surface area contributed by atoms with Gasteiger partial charge in [-0.05, 0) is 43.0 Å². The standard InChI is InChI=1S/C15H18N2O3S/c1-8-10-4-3-9(16)7-12(10)20-15(19)13(8)14(18)11(17)5-6-21-2/h3-4,7,11H,5-6,16-17H2,1-2H3/t11-/m0/s1. The highest BCUT2D eigenvalue weighted by molar-refractivity contribution is 7.98. The van der Waals surface area contributed by atoms with E-state index in [1.807, 2.05) is 6.26 Å². The Kier molecular flexibility index (Phi) is 4.69. The fourth-order valence-corrected chi connectivity index (χ4v) is 2.71. The first-order valence-corrected chi connectivity index (χ1v) is 7.96. The fraction of sp³-hybridized carbons (Fsp3) is 0.333. The van der Waals surface area contributed by atoms with Crippen molar-refractivity contribution in [1.82, 2.24) is 0 Å². The second-order valence-corrected chi connectivity index (χ2v) is 5.88. The summed E-state index contributed by atoms with van der Waals surface area (Å²) in [5, 5.41) is 0.698. The van der Waals surface area contributed by atoms with Gasteiger partial charge in [0.25, 0.3) is 0 Å². The van der Waals surface area contributed by atoms with Crippen molar-refractivity contribution in [2.75, 3.05) is 17.7 Å². The topological polar surface area (TPSA) is 99.3 Å². The van der Waals surface area contributed by atoms with Gasteiger partial charge >= 0.3 is 5.63 Å². The van der Waals surface area contributed by atoms with Crippen molar-refractivity contribution >= 4 is 34.2 Å². The second kappa shape index (κ2) is 6.32. The average Bonchev–Trinajstić information content (AvgIpc) is 2.43. The van der Waals surface area contributed by atoms with E-state index in [0.717, 1.165) is 5.75 Å². The number of rotatable bonds is 5. The van der Waals surface area contributed by atoms with Crippen LogP contribution in [-0.4, -0.2) is 23.8 Å². The quantitative estimate of drug-likeness (QED) is 0.497. The Morgan fingerprint density at radius 2 is 2.14 bits per heavy atom.